The Labute approximate surface area is 71.3 Å². The Bertz CT molecular complexity index is 353. The van der Waals surface area contributed by atoms with Crippen LogP contribution in [0.4, 0.5) is 0 Å². The molecule has 12 heavy (non-hydrogen) atoms. The summed E-state index contributed by atoms with van der Waals surface area (Å²) in [6.45, 7) is 5.95. The first kappa shape index (κ1) is 8.64. The van der Waals surface area contributed by atoms with Crippen LogP contribution in [0.3, 0.4) is 0 Å². The smallest absolute Gasteiger partial charge is 0.172 e. The van der Waals surface area contributed by atoms with E-state index in [1.165, 1.54) is 6.33 Å². The van der Waals surface area contributed by atoms with Crippen LogP contribution in [0.25, 0.3) is 5.65 Å². The fraction of sp³-hybridized carbons (Fsp3) is 0.375. The number of aryl methyl sites for hydroxylation is 1. The average molecular weight is 164 g/mol. The summed E-state index contributed by atoms with van der Waals surface area (Å²) in [5.41, 5.74) is 1.82. The molecule has 0 bridgehead atoms. The minimum absolute atomic E-state index is 0.792. The molecule has 0 aliphatic carbocycles. The van der Waals surface area contributed by atoms with Crippen LogP contribution in [0.5, 0.6) is 0 Å². The van der Waals surface area contributed by atoms with Gasteiger partial charge >= 0.3 is 0 Å². The third-order valence-electron chi connectivity index (χ3n) is 1.36. The molecule has 2 aromatic rings. The largest absolute Gasteiger partial charge is 0.239 e. The van der Waals surface area contributed by atoms with Crippen molar-refractivity contribution in [2.45, 2.75) is 20.8 Å². The summed E-state index contributed by atoms with van der Waals surface area (Å²) in [6, 6.07) is 0. The highest BCUT2D eigenvalue weighted by molar-refractivity contribution is 5.34. The maximum atomic E-state index is 4.06. The van der Waals surface area contributed by atoms with Crippen LogP contribution in [0.2, 0.25) is 0 Å². The van der Waals surface area contributed by atoms with Crippen molar-refractivity contribution in [3.8, 4) is 0 Å². The van der Waals surface area contributed by atoms with Gasteiger partial charge in [0.15, 0.2) is 5.65 Å². The van der Waals surface area contributed by atoms with Crippen LogP contribution in [0.15, 0.2) is 18.7 Å². The highest BCUT2D eigenvalue weighted by Crippen LogP contribution is 1.98. The minimum Gasteiger partial charge on any atom is -0.239 e. The Kier molecular flexibility index (Phi) is 2.74. The molecule has 0 atom stereocenters. The van der Waals surface area contributed by atoms with Gasteiger partial charge in [-0.3, -0.25) is 0 Å². The zero-order chi connectivity index (χ0) is 8.97. The topological polar surface area (TPSA) is 43.1 Å². The molecule has 0 spiro atoms. The Hall–Kier alpha value is -1.45. The minimum atomic E-state index is 0.792. The molecule has 4 nitrogen and oxygen atoms in total. The van der Waals surface area contributed by atoms with E-state index in [0.29, 0.717) is 0 Å². The molecule has 2 aromatic heterocycles. The molecule has 0 radical (unpaired) electrons. The third-order valence-corrected chi connectivity index (χ3v) is 1.36. The second kappa shape index (κ2) is 3.80. The SMILES string of the molecule is CC.Cc1cnc2cncnn12. The van der Waals surface area contributed by atoms with E-state index in [1.54, 1.807) is 16.9 Å². The van der Waals surface area contributed by atoms with Gasteiger partial charge in [-0.2, -0.15) is 5.10 Å². The van der Waals surface area contributed by atoms with Crippen molar-refractivity contribution in [3.05, 3.63) is 24.4 Å². The van der Waals surface area contributed by atoms with Gasteiger partial charge in [0.05, 0.1) is 18.1 Å². The van der Waals surface area contributed by atoms with Crippen molar-refractivity contribution in [2.24, 2.45) is 0 Å². The summed E-state index contributed by atoms with van der Waals surface area (Å²) < 4.78 is 1.74. The first-order valence-electron chi connectivity index (χ1n) is 3.98. The van der Waals surface area contributed by atoms with Gasteiger partial charge in [0.2, 0.25) is 0 Å². The second-order valence-corrected chi connectivity index (χ2v) is 2.08. The molecule has 0 amide bonds. The molecule has 0 aliphatic rings. The highest BCUT2D eigenvalue weighted by Gasteiger charge is 1.95. The molecule has 2 rings (SSSR count). The van der Waals surface area contributed by atoms with Crippen molar-refractivity contribution in [3.63, 3.8) is 0 Å². The van der Waals surface area contributed by atoms with E-state index in [0.717, 1.165) is 11.3 Å². The molecule has 2 heterocycles. The monoisotopic (exact) mass is 164 g/mol. The van der Waals surface area contributed by atoms with E-state index in [-0.39, 0.29) is 0 Å². The van der Waals surface area contributed by atoms with Gasteiger partial charge in [-0.1, -0.05) is 13.8 Å². The first-order chi connectivity index (χ1) is 5.88. The summed E-state index contributed by atoms with van der Waals surface area (Å²) >= 11 is 0. The molecule has 0 saturated heterocycles. The molecular formula is C8H12N4. The van der Waals surface area contributed by atoms with Crippen molar-refractivity contribution in [2.75, 3.05) is 0 Å². The van der Waals surface area contributed by atoms with Crippen molar-refractivity contribution in [1.29, 1.82) is 0 Å². The number of hydrogen-bond donors (Lipinski definition) is 0. The molecule has 0 unspecified atom stereocenters. The van der Waals surface area contributed by atoms with E-state index in [9.17, 15) is 0 Å². The van der Waals surface area contributed by atoms with Gasteiger partial charge < -0.3 is 0 Å². The van der Waals surface area contributed by atoms with Crippen molar-refractivity contribution < 1.29 is 0 Å². The first-order valence-corrected chi connectivity index (χ1v) is 3.98. The maximum Gasteiger partial charge on any atom is 0.172 e. The Morgan fingerprint density at radius 3 is 2.67 bits per heavy atom. The lowest BCUT2D eigenvalue weighted by molar-refractivity contribution is 0.868. The normalized spacial score (nSPS) is 9.25. The van der Waals surface area contributed by atoms with Crippen LogP contribution in [-0.2, 0) is 0 Å². The molecule has 0 saturated carbocycles. The van der Waals surface area contributed by atoms with Crippen LogP contribution in [-0.4, -0.2) is 19.6 Å². The van der Waals surface area contributed by atoms with E-state index >= 15 is 0 Å². The van der Waals surface area contributed by atoms with Crippen molar-refractivity contribution >= 4 is 5.65 Å². The number of aromatic nitrogens is 4. The number of rotatable bonds is 0. The fourth-order valence-electron chi connectivity index (χ4n) is 0.869. The summed E-state index contributed by atoms with van der Waals surface area (Å²) in [7, 11) is 0. The Morgan fingerprint density at radius 2 is 2.00 bits per heavy atom. The molecule has 0 N–H and O–H groups in total. The standard InChI is InChI=1S/C6H6N4.C2H6/c1-5-2-8-6-3-7-4-9-10(5)6;1-2/h2-4H,1H3;1-2H3. The van der Waals surface area contributed by atoms with Crippen LogP contribution >= 0.6 is 0 Å². The molecule has 0 aromatic carbocycles. The van der Waals surface area contributed by atoms with Crippen LogP contribution in [0, 0.1) is 6.92 Å². The molecule has 64 valence electrons. The van der Waals surface area contributed by atoms with Crippen LogP contribution in [0.1, 0.15) is 19.5 Å². The number of nitrogens with zero attached hydrogens (tertiary/aromatic N) is 4. The van der Waals surface area contributed by atoms with E-state index in [1.807, 2.05) is 20.8 Å². The quantitative estimate of drug-likeness (QED) is 0.592. The summed E-state index contributed by atoms with van der Waals surface area (Å²) in [6.07, 6.45) is 4.95. The molecular weight excluding hydrogens is 152 g/mol. The molecule has 0 aliphatic heterocycles. The van der Waals surface area contributed by atoms with Gasteiger partial charge in [0.25, 0.3) is 0 Å². The Balaban J connectivity index is 0.000000336. The van der Waals surface area contributed by atoms with Gasteiger partial charge in [-0.05, 0) is 6.92 Å². The van der Waals surface area contributed by atoms with Gasteiger partial charge in [0.1, 0.15) is 6.33 Å². The van der Waals surface area contributed by atoms with E-state index in [2.05, 4.69) is 15.1 Å². The lowest BCUT2D eigenvalue weighted by Gasteiger charge is -1.89. The predicted octanol–water partition coefficient (Wildman–Crippen LogP) is 1.46. The zero-order valence-corrected chi connectivity index (χ0v) is 7.52. The summed E-state index contributed by atoms with van der Waals surface area (Å²) in [5.74, 6) is 0. The highest BCUT2D eigenvalue weighted by atomic mass is 15.3. The number of hydrogen-bond acceptors (Lipinski definition) is 3. The van der Waals surface area contributed by atoms with Gasteiger partial charge in [0, 0.05) is 0 Å². The second-order valence-electron chi connectivity index (χ2n) is 2.08. The van der Waals surface area contributed by atoms with Crippen molar-refractivity contribution in [1.82, 2.24) is 19.6 Å². The van der Waals surface area contributed by atoms with Gasteiger partial charge in [-0.15, -0.1) is 0 Å². The van der Waals surface area contributed by atoms with Crippen LogP contribution < -0.4 is 0 Å². The Morgan fingerprint density at radius 1 is 1.25 bits per heavy atom. The summed E-state index contributed by atoms with van der Waals surface area (Å²) in [4.78, 5) is 7.89. The van der Waals surface area contributed by atoms with E-state index < -0.39 is 0 Å². The third kappa shape index (κ3) is 1.42. The predicted molar refractivity (Wildman–Crippen MR) is 46.9 cm³/mol. The fourth-order valence-corrected chi connectivity index (χ4v) is 0.869. The zero-order valence-electron chi connectivity index (χ0n) is 7.52. The lowest BCUT2D eigenvalue weighted by atomic mass is 10.6. The number of imidazole rings is 1. The number of fused-ring (bicyclic) bond motifs is 1. The summed E-state index contributed by atoms with van der Waals surface area (Å²) in [5, 5.41) is 3.98. The molecule has 4 heteroatoms. The maximum absolute atomic E-state index is 4.06. The van der Waals surface area contributed by atoms with Gasteiger partial charge in [-0.25, -0.2) is 14.5 Å². The molecule has 0 fully saturated rings. The van der Waals surface area contributed by atoms with E-state index in [4.69, 9.17) is 0 Å². The average Bonchev–Trinajstić information content (AvgIpc) is 2.53. The lowest BCUT2D eigenvalue weighted by Crippen LogP contribution is -1.92.